The highest BCUT2D eigenvalue weighted by molar-refractivity contribution is 6.05. The smallest absolute Gasteiger partial charge is 0.258 e. The Bertz CT molecular complexity index is 751. The predicted octanol–water partition coefficient (Wildman–Crippen LogP) is 2.00. The van der Waals surface area contributed by atoms with Crippen LogP contribution in [0.5, 0.6) is 17.2 Å². The molecule has 0 atom stereocenters. The highest BCUT2D eigenvalue weighted by Crippen LogP contribution is 2.38. The molecule has 0 aromatic heterocycles. The van der Waals surface area contributed by atoms with Crippen LogP contribution in [0.4, 0.5) is 0 Å². The third kappa shape index (κ3) is 4.89. The van der Waals surface area contributed by atoms with Crippen LogP contribution in [0, 0.1) is 0 Å². The van der Waals surface area contributed by atoms with Crippen LogP contribution in [0.1, 0.15) is 15.9 Å². The Balaban J connectivity index is 2.05. The molecule has 0 aliphatic rings. The normalized spacial score (nSPS) is 11.0. The molecule has 0 unspecified atom stereocenters. The molecule has 2 aromatic carbocycles. The van der Waals surface area contributed by atoms with Crippen LogP contribution in [-0.4, -0.2) is 39.7 Å². The number of nitrogens with one attached hydrogen (secondary N) is 1. The lowest BCUT2D eigenvalue weighted by Gasteiger charge is -2.14. The van der Waals surface area contributed by atoms with Crippen molar-refractivity contribution < 1.29 is 19.0 Å². The highest BCUT2D eigenvalue weighted by Gasteiger charge is 2.17. The molecule has 0 heterocycles. The van der Waals surface area contributed by atoms with E-state index in [0.29, 0.717) is 29.4 Å². The Morgan fingerprint density at radius 3 is 2.19 bits per heavy atom. The molecule has 0 saturated heterocycles. The molecule has 0 bridgehead atoms. The molecule has 0 radical (unpaired) electrons. The van der Waals surface area contributed by atoms with Gasteiger partial charge in [0.1, 0.15) is 0 Å². The van der Waals surface area contributed by atoms with Gasteiger partial charge in [0, 0.05) is 12.1 Å². The minimum absolute atomic E-state index is 0.0553. The minimum atomic E-state index is -0.412. The van der Waals surface area contributed by atoms with Crippen LogP contribution in [0.15, 0.2) is 47.5 Å². The maximum absolute atomic E-state index is 12.4. The molecule has 2 rings (SSSR count). The van der Waals surface area contributed by atoms with Crippen molar-refractivity contribution in [3.63, 3.8) is 0 Å². The third-order valence-corrected chi connectivity index (χ3v) is 3.69. The number of nitrogens with zero attached hydrogens (tertiary/aromatic N) is 1. The van der Waals surface area contributed by atoms with Crippen molar-refractivity contribution >= 4 is 11.9 Å². The molecule has 0 saturated carbocycles. The number of nitrogens with two attached hydrogens (primary N) is 1. The van der Waals surface area contributed by atoms with Gasteiger partial charge in [-0.2, -0.15) is 0 Å². The van der Waals surface area contributed by atoms with Crippen molar-refractivity contribution in [1.82, 2.24) is 5.32 Å². The lowest BCUT2D eigenvalue weighted by molar-refractivity contribution is 0.0975. The molecule has 1 amide bonds. The van der Waals surface area contributed by atoms with Gasteiger partial charge in [0.15, 0.2) is 17.5 Å². The Morgan fingerprint density at radius 2 is 1.65 bits per heavy atom. The van der Waals surface area contributed by atoms with Gasteiger partial charge in [-0.05, 0) is 24.1 Å². The summed E-state index contributed by atoms with van der Waals surface area (Å²) >= 11 is 0. The lowest BCUT2D eigenvalue weighted by Crippen LogP contribution is -2.37. The maximum Gasteiger partial charge on any atom is 0.258 e. The molecule has 7 heteroatoms. The van der Waals surface area contributed by atoms with E-state index >= 15 is 0 Å². The van der Waals surface area contributed by atoms with Gasteiger partial charge in [0.2, 0.25) is 5.75 Å². The number of carbonyl (C=O) groups is 1. The molecule has 7 nitrogen and oxygen atoms in total. The van der Waals surface area contributed by atoms with E-state index in [1.807, 2.05) is 30.3 Å². The molecular weight excluding hydrogens is 334 g/mol. The zero-order valence-corrected chi connectivity index (χ0v) is 15.1. The van der Waals surface area contributed by atoms with Gasteiger partial charge in [0.05, 0.1) is 21.3 Å². The number of methoxy groups -OCH3 is 3. The van der Waals surface area contributed by atoms with E-state index in [4.69, 9.17) is 19.9 Å². The van der Waals surface area contributed by atoms with Crippen LogP contribution in [0.2, 0.25) is 0 Å². The summed E-state index contributed by atoms with van der Waals surface area (Å²) < 4.78 is 15.7. The second kappa shape index (κ2) is 9.31. The van der Waals surface area contributed by atoms with Crippen LogP contribution >= 0.6 is 0 Å². The average Bonchev–Trinajstić information content (AvgIpc) is 2.67. The quantitative estimate of drug-likeness (QED) is 0.584. The Labute approximate surface area is 152 Å². The first-order valence-corrected chi connectivity index (χ1v) is 8.04. The first-order valence-electron chi connectivity index (χ1n) is 8.04. The number of rotatable bonds is 7. The van der Waals surface area contributed by atoms with E-state index in [2.05, 4.69) is 10.3 Å². The Morgan fingerprint density at radius 1 is 1.04 bits per heavy atom. The number of ether oxygens (including phenoxy) is 3. The van der Waals surface area contributed by atoms with E-state index in [9.17, 15) is 4.79 Å². The van der Waals surface area contributed by atoms with Crippen molar-refractivity contribution in [2.75, 3.05) is 27.9 Å². The number of aliphatic imine (C=N–C) groups is 1. The fraction of sp³-hybridized carbons (Fsp3) is 0.263. The second-order valence-electron chi connectivity index (χ2n) is 5.37. The monoisotopic (exact) mass is 357 g/mol. The second-order valence-corrected chi connectivity index (χ2v) is 5.37. The van der Waals surface area contributed by atoms with Gasteiger partial charge >= 0.3 is 0 Å². The molecule has 0 aliphatic heterocycles. The maximum atomic E-state index is 12.4. The van der Waals surface area contributed by atoms with E-state index in [1.54, 1.807) is 12.1 Å². The summed E-state index contributed by atoms with van der Waals surface area (Å²) in [5, 5.41) is 2.56. The van der Waals surface area contributed by atoms with Crippen LogP contribution in [0.25, 0.3) is 0 Å². The van der Waals surface area contributed by atoms with Gasteiger partial charge in [0.25, 0.3) is 5.91 Å². The van der Waals surface area contributed by atoms with Gasteiger partial charge in [-0.15, -0.1) is 0 Å². The number of amides is 1. The van der Waals surface area contributed by atoms with Crippen LogP contribution in [-0.2, 0) is 6.42 Å². The molecule has 0 aliphatic carbocycles. The van der Waals surface area contributed by atoms with Crippen LogP contribution in [0.3, 0.4) is 0 Å². The largest absolute Gasteiger partial charge is 0.493 e. The van der Waals surface area contributed by atoms with Crippen molar-refractivity contribution in [3.05, 3.63) is 53.6 Å². The molecule has 0 spiro atoms. The zero-order valence-electron chi connectivity index (χ0n) is 15.1. The lowest BCUT2D eigenvalue weighted by atomic mass is 10.1. The van der Waals surface area contributed by atoms with Gasteiger partial charge < -0.3 is 19.9 Å². The highest BCUT2D eigenvalue weighted by atomic mass is 16.5. The number of carbonyl (C=O) groups excluding carboxylic acids is 1. The first kappa shape index (κ1) is 19.1. The summed E-state index contributed by atoms with van der Waals surface area (Å²) in [5.41, 5.74) is 7.28. The van der Waals surface area contributed by atoms with Gasteiger partial charge in [-0.3, -0.25) is 15.1 Å². The summed E-state index contributed by atoms with van der Waals surface area (Å²) in [6, 6.07) is 13.0. The van der Waals surface area contributed by atoms with Gasteiger partial charge in [-0.25, -0.2) is 0 Å². The predicted molar refractivity (Wildman–Crippen MR) is 100 cm³/mol. The number of guanidine groups is 1. The third-order valence-electron chi connectivity index (χ3n) is 3.69. The van der Waals surface area contributed by atoms with Gasteiger partial charge in [-0.1, -0.05) is 30.3 Å². The fourth-order valence-corrected chi connectivity index (χ4v) is 2.39. The fourth-order valence-electron chi connectivity index (χ4n) is 2.39. The Hall–Kier alpha value is -3.22. The number of benzene rings is 2. The molecule has 138 valence electrons. The molecule has 3 N–H and O–H groups in total. The summed E-state index contributed by atoms with van der Waals surface area (Å²) in [6.45, 7) is 0.478. The van der Waals surface area contributed by atoms with Crippen molar-refractivity contribution in [2.24, 2.45) is 10.7 Å². The summed E-state index contributed by atoms with van der Waals surface area (Å²) in [7, 11) is 4.47. The summed E-state index contributed by atoms with van der Waals surface area (Å²) in [5.74, 6) is 0.828. The van der Waals surface area contributed by atoms with E-state index < -0.39 is 5.91 Å². The minimum Gasteiger partial charge on any atom is -0.493 e. The van der Waals surface area contributed by atoms with E-state index in [-0.39, 0.29) is 5.96 Å². The Kier molecular flexibility index (Phi) is 6.84. The zero-order chi connectivity index (χ0) is 18.9. The SMILES string of the molecule is COc1cc(C(=O)NC(N)=NCCc2ccccc2)cc(OC)c1OC. The number of hydrogen-bond acceptors (Lipinski definition) is 5. The van der Waals surface area contributed by atoms with Crippen LogP contribution < -0.4 is 25.3 Å². The van der Waals surface area contributed by atoms with Crippen molar-refractivity contribution in [3.8, 4) is 17.2 Å². The summed E-state index contributed by atoms with van der Waals surface area (Å²) in [4.78, 5) is 16.6. The van der Waals surface area contributed by atoms with E-state index in [1.165, 1.54) is 21.3 Å². The molecule has 2 aromatic rings. The standard InChI is InChI=1S/C19H23N3O4/c1-24-15-11-14(12-16(25-2)17(15)26-3)18(23)22-19(20)21-10-9-13-7-5-4-6-8-13/h4-8,11-12H,9-10H2,1-3H3,(H3,20,21,22,23). The first-order chi connectivity index (χ1) is 12.6. The average molecular weight is 357 g/mol. The number of hydrogen-bond donors (Lipinski definition) is 2. The molecule has 26 heavy (non-hydrogen) atoms. The summed E-state index contributed by atoms with van der Waals surface area (Å²) in [6.07, 6.45) is 0.738. The molecular formula is C19H23N3O4. The topological polar surface area (TPSA) is 95.2 Å². The van der Waals surface area contributed by atoms with E-state index in [0.717, 1.165) is 12.0 Å². The van der Waals surface area contributed by atoms with Crippen molar-refractivity contribution in [2.45, 2.75) is 6.42 Å². The molecule has 0 fully saturated rings. The van der Waals surface area contributed by atoms with Crippen molar-refractivity contribution in [1.29, 1.82) is 0 Å².